The van der Waals surface area contributed by atoms with E-state index in [2.05, 4.69) is 20.0 Å². The number of methoxy groups -OCH3 is 2. The monoisotopic (exact) mass is 293 g/mol. The summed E-state index contributed by atoms with van der Waals surface area (Å²) in [4.78, 5) is 19.4. The number of esters is 1. The Hall–Kier alpha value is -2.34. The first-order valence-corrected chi connectivity index (χ1v) is 6.02. The minimum Gasteiger partial charge on any atom is -0.495 e. The molecular formula is C13H12ClN3O3. The first-order chi connectivity index (χ1) is 9.63. The number of benzene rings is 1. The second-order valence-corrected chi connectivity index (χ2v) is 4.16. The van der Waals surface area contributed by atoms with Crippen molar-refractivity contribution in [1.82, 2.24) is 9.97 Å². The summed E-state index contributed by atoms with van der Waals surface area (Å²) in [5.74, 6) is 0.404. The molecule has 6 nitrogen and oxygen atoms in total. The summed E-state index contributed by atoms with van der Waals surface area (Å²) >= 11 is 5.94. The molecule has 0 aliphatic rings. The van der Waals surface area contributed by atoms with Gasteiger partial charge >= 0.3 is 5.97 Å². The number of nitrogens with one attached hydrogen (secondary N) is 1. The zero-order valence-corrected chi connectivity index (χ0v) is 11.6. The van der Waals surface area contributed by atoms with Crippen molar-refractivity contribution in [1.29, 1.82) is 0 Å². The summed E-state index contributed by atoms with van der Waals surface area (Å²) in [6.07, 6.45) is 2.83. The van der Waals surface area contributed by atoms with Gasteiger partial charge in [0.25, 0.3) is 0 Å². The zero-order chi connectivity index (χ0) is 14.5. The highest BCUT2D eigenvalue weighted by Gasteiger charge is 2.09. The van der Waals surface area contributed by atoms with Gasteiger partial charge in [0, 0.05) is 11.8 Å². The number of carbonyl (C=O) groups is 1. The lowest BCUT2D eigenvalue weighted by Crippen LogP contribution is -2.06. The molecule has 0 saturated heterocycles. The molecule has 1 aromatic heterocycles. The van der Waals surface area contributed by atoms with Gasteiger partial charge < -0.3 is 14.8 Å². The number of nitrogens with zero attached hydrogens (tertiary/aromatic N) is 2. The molecule has 7 heteroatoms. The summed E-state index contributed by atoms with van der Waals surface area (Å²) in [5, 5.41) is 3.51. The first kappa shape index (κ1) is 14.1. The maximum absolute atomic E-state index is 11.4. The highest BCUT2D eigenvalue weighted by atomic mass is 35.5. The van der Waals surface area contributed by atoms with Gasteiger partial charge in [0.15, 0.2) is 5.69 Å². The molecular weight excluding hydrogens is 282 g/mol. The molecule has 0 amide bonds. The van der Waals surface area contributed by atoms with Gasteiger partial charge in [-0.25, -0.2) is 9.78 Å². The molecule has 104 valence electrons. The van der Waals surface area contributed by atoms with Crippen molar-refractivity contribution in [3.8, 4) is 5.75 Å². The Morgan fingerprint density at radius 1 is 1.30 bits per heavy atom. The molecule has 0 spiro atoms. The van der Waals surface area contributed by atoms with E-state index in [4.69, 9.17) is 16.3 Å². The summed E-state index contributed by atoms with van der Waals surface area (Å²) in [5.41, 5.74) is 0.834. The van der Waals surface area contributed by atoms with Gasteiger partial charge in [0.2, 0.25) is 0 Å². The third-order valence-corrected chi connectivity index (χ3v) is 2.76. The minimum atomic E-state index is -0.546. The number of carbonyl (C=O) groups excluding carboxylic acids is 1. The zero-order valence-electron chi connectivity index (χ0n) is 10.9. The van der Waals surface area contributed by atoms with Crippen molar-refractivity contribution < 1.29 is 14.3 Å². The number of halogens is 1. The predicted octanol–water partition coefficient (Wildman–Crippen LogP) is 2.67. The molecule has 2 rings (SSSR count). The van der Waals surface area contributed by atoms with Crippen LogP contribution in [0, 0.1) is 0 Å². The van der Waals surface area contributed by atoms with Crippen molar-refractivity contribution >= 4 is 29.1 Å². The fourth-order valence-electron chi connectivity index (χ4n) is 1.51. The van der Waals surface area contributed by atoms with Crippen LogP contribution < -0.4 is 10.1 Å². The average Bonchev–Trinajstić information content (AvgIpc) is 2.48. The molecule has 0 radical (unpaired) electrons. The second kappa shape index (κ2) is 6.21. The van der Waals surface area contributed by atoms with E-state index in [0.29, 0.717) is 22.3 Å². The Labute approximate surface area is 120 Å². The molecule has 2 aromatic rings. The minimum absolute atomic E-state index is 0.124. The number of anilines is 2. The van der Waals surface area contributed by atoms with Crippen LogP contribution in [0.2, 0.25) is 5.02 Å². The largest absolute Gasteiger partial charge is 0.495 e. The van der Waals surface area contributed by atoms with Gasteiger partial charge in [0.1, 0.15) is 11.6 Å². The van der Waals surface area contributed by atoms with Crippen LogP contribution in [0.1, 0.15) is 10.5 Å². The molecule has 1 aromatic carbocycles. The van der Waals surface area contributed by atoms with Gasteiger partial charge in [-0.05, 0) is 12.1 Å². The first-order valence-electron chi connectivity index (χ1n) is 5.65. The molecule has 1 N–H and O–H groups in total. The molecule has 0 aliphatic carbocycles. The highest BCUT2D eigenvalue weighted by Crippen LogP contribution is 2.28. The Balaban J connectivity index is 2.24. The van der Waals surface area contributed by atoms with Crippen LogP contribution in [0.15, 0.2) is 30.6 Å². The molecule has 0 fully saturated rings. The van der Waals surface area contributed by atoms with Crippen LogP contribution in [0.4, 0.5) is 11.5 Å². The Morgan fingerprint density at radius 3 is 2.80 bits per heavy atom. The van der Waals surface area contributed by atoms with E-state index in [9.17, 15) is 4.79 Å². The van der Waals surface area contributed by atoms with Crippen LogP contribution in [0.3, 0.4) is 0 Å². The Kier molecular flexibility index (Phi) is 4.37. The van der Waals surface area contributed by atoms with E-state index in [1.807, 2.05) is 0 Å². The molecule has 0 bridgehead atoms. The van der Waals surface area contributed by atoms with E-state index >= 15 is 0 Å². The van der Waals surface area contributed by atoms with E-state index in [0.717, 1.165) is 0 Å². The van der Waals surface area contributed by atoms with Crippen LogP contribution >= 0.6 is 11.6 Å². The van der Waals surface area contributed by atoms with E-state index in [1.54, 1.807) is 18.2 Å². The average molecular weight is 294 g/mol. The summed E-state index contributed by atoms with van der Waals surface area (Å²) in [7, 11) is 2.82. The maximum Gasteiger partial charge on any atom is 0.358 e. The van der Waals surface area contributed by atoms with Crippen LogP contribution in [-0.2, 0) is 4.74 Å². The molecule has 20 heavy (non-hydrogen) atoms. The van der Waals surface area contributed by atoms with Crippen molar-refractivity contribution in [2.75, 3.05) is 19.5 Å². The molecule has 0 unspecified atom stereocenters. The number of hydrogen-bond acceptors (Lipinski definition) is 6. The highest BCUT2D eigenvalue weighted by molar-refractivity contribution is 6.32. The van der Waals surface area contributed by atoms with Gasteiger partial charge in [-0.2, -0.15) is 0 Å². The predicted molar refractivity (Wildman–Crippen MR) is 74.7 cm³/mol. The van der Waals surface area contributed by atoms with Gasteiger partial charge in [-0.15, -0.1) is 0 Å². The third-order valence-electron chi connectivity index (χ3n) is 2.45. The van der Waals surface area contributed by atoms with Crippen molar-refractivity contribution in [2.45, 2.75) is 0 Å². The van der Waals surface area contributed by atoms with Crippen molar-refractivity contribution in [2.24, 2.45) is 0 Å². The van der Waals surface area contributed by atoms with Crippen LogP contribution in [-0.4, -0.2) is 30.2 Å². The summed E-state index contributed by atoms with van der Waals surface area (Å²) in [6.45, 7) is 0. The maximum atomic E-state index is 11.4. The number of aromatic nitrogens is 2. The second-order valence-electron chi connectivity index (χ2n) is 3.76. The van der Waals surface area contributed by atoms with Gasteiger partial charge in [-0.1, -0.05) is 11.6 Å². The lowest BCUT2D eigenvalue weighted by atomic mass is 10.3. The quantitative estimate of drug-likeness (QED) is 0.874. The number of ether oxygens (including phenoxy) is 2. The Morgan fingerprint density at radius 2 is 2.10 bits per heavy atom. The smallest absolute Gasteiger partial charge is 0.358 e. The Bertz CT molecular complexity index is 634. The van der Waals surface area contributed by atoms with E-state index in [1.165, 1.54) is 26.6 Å². The van der Waals surface area contributed by atoms with Gasteiger partial charge in [0.05, 0.1) is 31.6 Å². The summed E-state index contributed by atoms with van der Waals surface area (Å²) in [6, 6.07) is 5.17. The van der Waals surface area contributed by atoms with Crippen molar-refractivity contribution in [3.05, 3.63) is 41.3 Å². The summed E-state index contributed by atoms with van der Waals surface area (Å²) < 4.78 is 9.71. The lowest BCUT2D eigenvalue weighted by Gasteiger charge is -2.09. The van der Waals surface area contributed by atoms with Crippen LogP contribution in [0.5, 0.6) is 5.75 Å². The fraction of sp³-hybridized carbons (Fsp3) is 0.154. The number of rotatable bonds is 4. The molecule has 1 heterocycles. The molecule has 0 saturated carbocycles. The van der Waals surface area contributed by atoms with Gasteiger partial charge in [-0.3, -0.25) is 4.98 Å². The van der Waals surface area contributed by atoms with E-state index in [-0.39, 0.29) is 5.69 Å². The normalized spacial score (nSPS) is 9.95. The van der Waals surface area contributed by atoms with E-state index < -0.39 is 5.97 Å². The third kappa shape index (κ3) is 3.16. The molecule has 0 aliphatic heterocycles. The SMILES string of the molecule is COC(=O)c1cncc(Nc2ccc(Cl)c(OC)c2)n1. The lowest BCUT2D eigenvalue weighted by molar-refractivity contribution is 0.0593. The topological polar surface area (TPSA) is 73.3 Å². The fourth-order valence-corrected chi connectivity index (χ4v) is 1.71. The number of hydrogen-bond donors (Lipinski definition) is 1. The standard InChI is InChI=1S/C13H12ClN3O3/c1-19-11-5-8(3-4-9(11)14)16-12-7-15-6-10(17-12)13(18)20-2/h3-7H,1-2H3,(H,16,17). The molecule has 0 atom stereocenters. The van der Waals surface area contributed by atoms with Crippen LogP contribution in [0.25, 0.3) is 0 Å². The van der Waals surface area contributed by atoms with Crippen molar-refractivity contribution in [3.63, 3.8) is 0 Å².